The summed E-state index contributed by atoms with van der Waals surface area (Å²) in [5.74, 6) is -0.754. The number of carboxylic acid groups (broad SMARTS) is 1. The van der Waals surface area contributed by atoms with Crippen LogP contribution in [0.25, 0.3) is 0 Å². The maximum Gasteiger partial charge on any atom is 0.329 e. The first kappa shape index (κ1) is 15.0. The molecule has 1 saturated carbocycles. The van der Waals surface area contributed by atoms with Crippen LogP contribution in [0.1, 0.15) is 59.8 Å². The lowest BCUT2D eigenvalue weighted by Crippen LogP contribution is -2.59. The molecule has 1 amide bonds. The smallest absolute Gasteiger partial charge is 0.329 e. The van der Waals surface area contributed by atoms with Gasteiger partial charge in [0.1, 0.15) is 5.54 Å². The molecular formula is C14H25NO3. The average Bonchev–Trinajstić information content (AvgIpc) is 2.06. The van der Waals surface area contributed by atoms with Crippen molar-refractivity contribution in [2.75, 3.05) is 0 Å². The van der Waals surface area contributed by atoms with Crippen LogP contribution in [0.2, 0.25) is 0 Å². The molecule has 0 heterocycles. The fourth-order valence-electron chi connectivity index (χ4n) is 2.67. The molecule has 1 atom stereocenters. The van der Waals surface area contributed by atoms with Crippen molar-refractivity contribution in [3.05, 3.63) is 0 Å². The van der Waals surface area contributed by atoms with Crippen LogP contribution in [-0.4, -0.2) is 22.5 Å². The van der Waals surface area contributed by atoms with E-state index in [1.807, 2.05) is 6.92 Å². The van der Waals surface area contributed by atoms with E-state index < -0.39 is 11.5 Å². The quantitative estimate of drug-likeness (QED) is 0.793. The summed E-state index contributed by atoms with van der Waals surface area (Å²) in [5.41, 5.74) is -0.779. The predicted octanol–water partition coefficient (Wildman–Crippen LogP) is 2.57. The summed E-state index contributed by atoms with van der Waals surface area (Å²) in [6, 6.07) is 0. The topological polar surface area (TPSA) is 66.4 Å². The van der Waals surface area contributed by atoms with E-state index in [1.54, 1.807) is 0 Å². The van der Waals surface area contributed by atoms with Crippen molar-refractivity contribution < 1.29 is 14.7 Å². The highest BCUT2D eigenvalue weighted by Crippen LogP contribution is 2.32. The third-order valence-corrected chi connectivity index (χ3v) is 3.49. The van der Waals surface area contributed by atoms with Gasteiger partial charge in [0.15, 0.2) is 0 Å². The van der Waals surface area contributed by atoms with Crippen molar-refractivity contribution in [3.8, 4) is 0 Å². The fraction of sp³-hybridized carbons (Fsp3) is 0.857. The van der Waals surface area contributed by atoms with E-state index in [2.05, 4.69) is 26.1 Å². The summed E-state index contributed by atoms with van der Waals surface area (Å²) in [6.45, 7) is 8.48. The second-order valence-corrected chi connectivity index (χ2v) is 6.86. The summed E-state index contributed by atoms with van der Waals surface area (Å²) in [5, 5.41) is 11.8. The third-order valence-electron chi connectivity index (χ3n) is 3.49. The van der Waals surface area contributed by atoms with E-state index in [9.17, 15) is 9.59 Å². The zero-order valence-corrected chi connectivity index (χ0v) is 11.9. The minimum absolute atomic E-state index is 0.131. The molecule has 0 aromatic heterocycles. The van der Waals surface area contributed by atoms with E-state index in [1.165, 1.54) is 0 Å². The first-order valence-electron chi connectivity index (χ1n) is 6.69. The Morgan fingerprint density at radius 2 is 1.89 bits per heavy atom. The van der Waals surface area contributed by atoms with E-state index in [-0.39, 0.29) is 17.2 Å². The molecule has 1 fully saturated rings. The Morgan fingerprint density at radius 3 is 2.22 bits per heavy atom. The van der Waals surface area contributed by atoms with E-state index in [4.69, 9.17) is 5.11 Å². The zero-order chi connectivity index (χ0) is 14.0. The van der Waals surface area contributed by atoms with Gasteiger partial charge in [-0.3, -0.25) is 4.79 Å². The SMILES string of the molecule is CC(CC(=O)NC1(C(=O)O)CCC1)CC(C)(C)C. The molecule has 0 spiro atoms. The minimum atomic E-state index is -0.974. The molecular weight excluding hydrogens is 230 g/mol. The molecule has 1 unspecified atom stereocenters. The number of carboxylic acids is 1. The van der Waals surface area contributed by atoms with Crippen LogP contribution in [0, 0.1) is 11.3 Å². The number of carbonyl (C=O) groups excluding carboxylic acids is 1. The molecule has 104 valence electrons. The van der Waals surface area contributed by atoms with Crippen LogP contribution in [0.5, 0.6) is 0 Å². The van der Waals surface area contributed by atoms with Crippen molar-refractivity contribution in [1.29, 1.82) is 0 Å². The molecule has 4 nitrogen and oxygen atoms in total. The average molecular weight is 255 g/mol. The maximum absolute atomic E-state index is 11.9. The first-order valence-corrected chi connectivity index (χ1v) is 6.69. The molecule has 0 aliphatic heterocycles. The molecule has 4 heteroatoms. The Balaban J connectivity index is 2.44. The second-order valence-electron chi connectivity index (χ2n) is 6.86. The van der Waals surface area contributed by atoms with Crippen LogP contribution < -0.4 is 5.32 Å². The molecule has 1 aliphatic carbocycles. The maximum atomic E-state index is 11.9. The van der Waals surface area contributed by atoms with E-state index in [0.717, 1.165) is 12.8 Å². The lowest BCUT2D eigenvalue weighted by molar-refractivity contribution is -0.152. The van der Waals surface area contributed by atoms with Gasteiger partial charge < -0.3 is 10.4 Å². The van der Waals surface area contributed by atoms with Crippen LogP contribution in [0.15, 0.2) is 0 Å². The molecule has 0 saturated heterocycles. The highest BCUT2D eigenvalue weighted by Gasteiger charge is 2.45. The largest absolute Gasteiger partial charge is 0.480 e. The van der Waals surface area contributed by atoms with Crippen molar-refractivity contribution in [3.63, 3.8) is 0 Å². The number of hydrogen-bond donors (Lipinski definition) is 2. The summed E-state index contributed by atoms with van der Waals surface area (Å²) in [7, 11) is 0. The molecule has 0 aromatic carbocycles. The zero-order valence-electron chi connectivity index (χ0n) is 11.9. The van der Waals surface area contributed by atoms with Gasteiger partial charge in [0, 0.05) is 6.42 Å². The van der Waals surface area contributed by atoms with Crippen LogP contribution in [0.4, 0.5) is 0 Å². The Morgan fingerprint density at radius 1 is 1.33 bits per heavy atom. The summed E-state index contributed by atoms with van der Waals surface area (Å²) in [6.07, 6.45) is 3.36. The normalized spacial score (nSPS) is 19.8. The van der Waals surface area contributed by atoms with Gasteiger partial charge in [0.25, 0.3) is 0 Å². The molecule has 1 aliphatic rings. The van der Waals surface area contributed by atoms with Crippen molar-refractivity contribution >= 4 is 11.9 Å². The van der Waals surface area contributed by atoms with Gasteiger partial charge in [-0.05, 0) is 37.0 Å². The number of nitrogens with one attached hydrogen (secondary N) is 1. The van der Waals surface area contributed by atoms with E-state index >= 15 is 0 Å². The van der Waals surface area contributed by atoms with E-state index in [0.29, 0.717) is 19.3 Å². The van der Waals surface area contributed by atoms with Crippen LogP contribution in [0.3, 0.4) is 0 Å². The van der Waals surface area contributed by atoms with Crippen molar-refractivity contribution in [1.82, 2.24) is 5.32 Å². The number of aliphatic carboxylic acids is 1. The second kappa shape index (κ2) is 5.29. The number of hydrogen-bond acceptors (Lipinski definition) is 2. The van der Waals surface area contributed by atoms with Gasteiger partial charge in [0.05, 0.1) is 0 Å². The van der Waals surface area contributed by atoms with Crippen LogP contribution in [-0.2, 0) is 9.59 Å². The van der Waals surface area contributed by atoms with Crippen molar-refractivity contribution in [2.24, 2.45) is 11.3 Å². The van der Waals surface area contributed by atoms with Gasteiger partial charge in [-0.15, -0.1) is 0 Å². The molecule has 0 radical (unpaired) electrons. The molecule has 0 bridgehead atoms. The number of carbonyl (C=O) groups is 2. The van der Waals surface area contributed by atoms with Gasteiger partial charge in [0.2, 0.25) is 5.91 Å². The fourth-order valence-corrected chi connectivity index (χ4v) is 2.67. The summed E-state index contributed by atoms with van der Waals surface area (Å²) < 4.78 is 0. The number of rotatable bonds is 5. The highest BCUT2D eigenvalue weighted by atomic mass is 16.4. The van der Waals surface area contributed by atoms with Gasteiger partial charge >= 0.3 is 5.97 Å². The minimum Gasteiger partial charge on any atom is -0.480 e. The molecule has 18 heavy (non-hydrogen) atoms. The third kappa shape index (κ3) is 4.00. The monoisotopic (exact) mass is 255 g/mol. The van der Waals surface area contributed by atoms with Crippen molar-refractivity contribution in [2.45, 2.75) is 65.3 Å². The highest BCUT2D eigenvalue weighted by molar-refractivity contribution is 5.87. The molecule has 2 N–H and O–H groups in total. The Hall–Kier alpha value is -1.06. The van der Waals surface area contributed by atoms with Crippen LogP contribution >= 0.6 is 0 Å². The Kier molecular flexibility index (Phi) is 4.41. The summed E-state index contributed by atoms with van der Waals surface area (Å²) in [4.78, 5) is 23.0. The first-order chi connectivity index (χ1) is 8.15. The predicted molar refractivity (Wildman–Crippen MR) is 70.2 cm³/mol. The summed E-state index contributed by atoms with van der Waals surface area (Å²) >= 11 is 0. The lowest BCUT2D eigenvalue weighted by Gasteiger charge is -2.38. The Bertz CT molecular complexity index is 326. The molecule has 0 aromatic rings. The lowest BCUT2D eigenvalue weighted by atomic mass is 9.76. The van der Waals surface area contributed by atoms with Gasteiger partial charge in [-0.1, -0.05) is 27.7 Å². The Labute approximate surface area is 109 Å². The van der Waals surface area contributed by atoms with Gasteiger partial charge in [-0.25, -0.2) is 4.79 Å². The van der Waals surface area contributed by atoms with Gasteiger partial charge in [-0.2, -0.15) is 0 Å². The number of amides is 1. The standard InChI is InChI=1S/C14H25NO3/c1-10(9-13(2,3)4)8-11(16)15-14(12(17)18)6-5-7-14/h10H,5-9H2,1-4H3,(H,15,16)(H,17,18). The molecule has 1 rings (SSSR count).